The summed E-state index contributed by atoms with van der Waals surface area (Å²) in [6.45, 7) is -0.813. The summed E-state index contributed by atoms with van der Waals surface area (Å²) >= 11 is 3.11. The molecule has 100 valence electrons. The molecule has 0 amide bonds. The number of ether oxygens (including phenoxy) is 2. The molecular formula is C12H13BrF2O3. The Kier molecular flexibility index (Phi) is 6.04. The largest absolute Gasteiger partial charge is 0.466 e. The van der Waals surface area contributed by atoms with Gasteiger partial charge in [-0.1, -0.05) is 6.07 Å². The van der Waals surface area contributed by atoms with Crippen molar-refractivity contribution < 1.29 is 23.0 Å². The summed E-state index contributed by atoms with van der Waals surface area (Å²) in [6.07, 6.45) is 0.634. The van der Waals surface area contributed by atoms with E-state index in [2.05, 4.69) is 20.7 Å². The fourth-order valence-corrected chi connectivity index (χ4v) is 1.71. The zero-order valence-corrected chi connectivity index (χ0v) is 11.4. The second kappa shape index (κ2) is 7.31. The van der Waals surface area contributed by atoms with Crippen LogP contribution in [-0.4, -0.2) is 19.2 Å². The summed E-state index contributed by atoms with van der Waals surface area (Å²) < 4.78 is 33.8. The molecule has 0 aliphatic heterocycles. The average molecular weight is 323 g/mol. The highest BCUT2D eigenvalue weighted by Crippen LogP contribution is 2.28. The molecule has 0 aromatic heterocycles. The number of alkyl halides is 2. The first-order valence-electron chi connectivity index (χ1n) is 5.41. The normalized spacial score (nSPS) is 10.5. The van der Waals surface area contributed by atoms with Gasteiger partial charge in [0.25, 0.3) is 0 Å². The monoisotopic (exact) mass is 322 g/mol. The molecule has 0 unspecified atom stereocenters. The number of rotatable bonds is 6. The van der Waals surface area contributed by atoms with Crippen LogP contribution in [0.2, 0.25) is 0 Å². The quantitative estimate of drug-likeness (QED) is 0.751. The maximum absolute atomic E-state index is 12.1. The average Bonchev–Trinajstić information content (AvgIpc) is 2.30. The van der Waals surface area contributed by atoms with Gasteiger partial charge in [0.15, 0.2) is 0 Å². The highest BCUT2D eigenvalue weighted by molar-refractivity contribution is 9.10. The lowest BCUT2D eigenvalue weighted by Gasteiger charge is -2.09. The lowest BCUT2D eigenvalue weighted by molar-refractivity contribution is -0.143. The lowest BCUT2D eigenvalue weighted by Crippen LogP contribution is -2.06. The van der Waals surface area contributed by atoms with Gasteiger partial charge in [0, 0.05) is 6.42 Å². The zero-order valence-electron chi connectivity index (χ0n) is 9.79. The maximum Gasteiger partial charge on any atom is 0.387 e. The van der Waals surface area contributed by atoms with Gasteiger partial charge in [-0.15, -0.1) is 0 Å². The Morgan fingerprint density at radius 1 is 1.44 bits per heavy atom. The van der Waals surface area contributed by atoms with Crippen LogP contribution in [0.25, 0.3) is 0 Å². The van der Waals surface area contributed by atoms with Gasteiger partial charge in [-0.25, -0.2) is 0 Å². The molecule has 0 heterocycles. The molecule has 3 nitrogen and oxygen atoms in total. The van der Waals surface area contributed by atoms with Gasteiger partial charge >= 0.3 is 12.6 Å². The maximum atomic E-state index is 12.1. The van der Waals surface area contributed by atoms with Crippen molar-refractivity contribution in [2.75, 3.05) is 6.61 Å². The van der Waals surface area contributed by atoms with Gasteiger partial charge in [0.05, 0.1) is 11.1 Å². The van der Waals surface area contributed by atoms with E-state index in [1.807, 2.05) is 0 Å². The minimum atomic E-state index is -2.87. The van der Waals surface area contributed by atoms with Crippen molar-refractivity contribution in [1.82, 2.24) is 0 Å². The van der Waals surface area contributed by atoms with E-state index in [4.69, 9.17) is 4.74 Å². The third-order valence-corrected chi connectivity index (χ3v) is 2.79. The second-order valence-electron chi connectivity index (χ2n) is 3.45. The van der Waals surface area contributed by atoms with E-state index < -0.39 is 6.61 Å². The van der Waals surface area contributed by atoms with Crippen molar-refractivity contribution in [3.05, 3.63) is 28.2 Å². The van der Waals surface area contributed by atoms with Crippen molar-refractivity contribution in [1.29, 1.82) is 0 Å². The van der Waals surface area contributed by atoms with E-state index in [1.165, 1.54) is 6.07 Å². The van der Waals surface area contributed by atoms with Crippen LogP contribution in [-0.2, 0) is 16.0 Å². The van der Waals surface area contributed by atoms with Crippen molar-refractivity contribution in [2.45, 2.75) is 26.4 Å². The Hall–Kier alpha value is -1.17. The zero-order chi connectivity index (χ0) is 13.5. The summed E-state index contributed by atoms with van der Waals surface area (Å²) in [7, 11) is 0. The molecule has 0 saturated carbocycles. The predicted octanol–water partition coefficient (Wildman–Crippen LogP) is 3.55. The number of hydrogen-bond donors (Lipinski definition) is 0. The van der Waals surface area contributed by atoms with E-state index in [-0.39, 0.29) is 18.1 Å². The molecule has 0 spiro atoms. The first kappa shape index (κ1) is 14.9. The van der Waals surface area contributed by atoms with Crippen LogP contribution in [0.15, 0.2) is 22.7 Å². The Labute approximate surface area is 112 Å². The van der Waals surface area contributed by atoms with E-state index in [9.17, 15) is 13.6 Å². The highest BCUT2D eigenvalue weighted by Gasteiger charge is 2.10. The summed E-state index contributed by atoms with van der Waals surface area (Å²) in [4.78, 5) is 11.2. The van der Waals surface area contributed by atoms with E-state index in [0.29, 0.717) is 17.5 Å². The molecule has 1 aromatic carbocycles. The van der Waals surface area contributed by atoms with Crippen LogP contribution >= 0.6 is 15.9 Å². The van der Waals surface area contributed by atoms with Crippen molar-refractivity contribution in [3.8, 4) is 5.75 Å². The molecule has 0 fully saturated rings. The smallest absolute Gasteiger partial charge is 0.387 e. The number of halogens is 3. The first-order chi connectivity index (χ1) is 8.52. The standard InChI is InChI=1S/C12H13BrF2O3/c1-2-17-11(16)6-4-8-3-5-9(13)10(7-8)18-12(14)15/h3,5,7,12H,2,4,6H2,1H3. The van der Waals surface area contributed by atoms with Gasteiger partial charge in [-0.3, -0.25) is 4.79 Å². The first-order valence-corrected chi connectivity index (χ1v) is 6.21. The molecule has 1 rings (SSSR count). The minimum absolute atomic E-state index is 0.0614. The summed E-state index contributed by atoms with van der Waals surface area (Å²) in [5, 5.41) is 0. The number of carbonyl (C=O) groups excluding carboxylic acids is 1. The van der Waals surface area contributed by atoms with Crippen molar-refractivity contribution >= 4 is 21.9 Å². The molecule has 0 bridgehead atoms. The molecule has 1 aromatic rings. The number of carbonyl (C=O) groups is 1. The Balaban J connectivity index is 2.64. The van der Waals surface area contributed by atoms with Gasteiger partial charge in [-0.2, -0.15) is 8.78 Å². The lowest BCUT2D eigenvalue weighted by atomic mass is 10.1. The fourth-order valence-electron chi connectivity index (χ4n) is 1.37. The van der Waals surface area contributed by atoms with E-state index >= 15 is 0 Å². The van der Waals surface area contributed by atoms with E-state index in [1.54, 1.807) is 19.1 Å². The highest BCUT2D eigenvalue weighted by atomic mass is 79.9. The molecule has 0 radical (unpaired) electrons. The molecule has 0 saturated heterocycles. The second-order valence-corrected chi connectivity index (χ2v) is 4.30. The third-order valence-electron chi connectivity index (χ3n) is 2.13. The fraction of sp³-hybridized carbons (Fsp3) is 0.417. The molecule has 0 aliphatic carbocycles. The topological polar surface area (TPSA) is 35.5 Å². The van der Waals surface area contributed by atoms with Crippen LogP contribution in [0.3, 0.4) is 0 Å². The number of hydrogen-bond acceptors (Lipinski definition) is 3. The predicted molar refractivity (Wildman–Crippen MR) is 65.7 cm³/mol. The summed E-state index contributed by atoms with van der Waals surface area (Å²) in [5.41, 5.74) is 0.738. The molecular weight excluding hydrogens is 310 g/mol. The van der Waals surface area contributed by atoms with Gasteiger partial charge < -0.3 is 9.47 Å². The number of aryl methyl sites for hydroxylation is 1. The molecule has 0 N–H and O–H groups in total. The molecule has 18 heavy (non-hydrogen) atoms. The van der Waals surface area contributed by atoms with Gasteiger partial charge in [0.1, 0.15) is 5.75 Å². The SMILES string of the molecule is CCOC(=O)CCc1ccc(Br)c(OC(F)F)c1. The Morgan fingerprint density at radius 2 is 2.17 bits per heavy atom. The van der Waals surface area contributed by atoms with Crippen LogP contribution in [0.1, 0.15) is 18.9 Å². The summed E-state index contributed by atoms with van der Waals surface area (Å²) in [5.74, 6) is -0.247. The number of esters is 1. The Morgan fingerprint density at radius 3 is 2.78 bits per heavy atom. The van der Waals surface area contributed by atoms with Crippen molar-refractivity contribution in [2.24, 2.45) is 0 Å². The van der Waals surface area contributed by atoms with Crippen LogP contribution in [0.5, 0.6) is 5.75 Å². The molecule has 6 heteroatoms. The van der Waals surface area contributed by atoms with Crippen LogP contribution in [0.4, 0.5) is 8.78 Å². The Bertz CT molecular complexity index is 410. The summed E-state index contributed by atoms with van der Waals surface area (Å²) in [6, 6.07) is 4.83. The third kappa shape index (κ3) is 5.00. The van der Waals surface area contributed by atoms with Crippen LogP contribution < -0.4 is 4.74 Å². The number of benzene rings is 1. The van der Waals surface area contributed by atoms with Crippen molar-refractivity contribution in [3.63, 3.8) is 0 Å². The minimum Gasteiger partial charge on any atom is -0.466 e. The van der Waals surface area contributed by atoms with E-state index in [0.717, 1.165) is 5.56 Å². The molecule has 0 aliphatic rings. The van der Waals surface area contributed by atoms with Gasteiger partial charge in [-0.05, 0) is 47.0 Å². The molecule has 0 atom stereocenters. The van der Waals surface area contributed by atoms with Crippen LogP contribution in [0, 0.1) is 0 Å². The van der Waals surface area contributed by atoms with Gasteiger partial charge in [0.2, 0.25) is 0 Å².